The Morgan fingerprint density at radius 3 is 2.21 bits per heavy atom. The summed E-state index contributed by atoms with van der Waals surface area (Å²) in [5.41, 5.74) is 0. The van der Waals surface area contributed by atoms with Gasteiger partial charge in [0.25, 0.3) is 0 Å². The van der Waals surface area contributed by atoms with E-state index in [0.29, 0.717) is 0 Å². The zero-order chi connectivity index (χ0) is 21.7. The van der Waals surface area contributed by atoms with Gasteiger partial charge in [-0.2, -0.15) is 0 Å². The fourth-order valence-electron chi connectivity index (χ4n) is 3.05. The van der Waals surface area contributed by atoms with Crippen LogP contribution in [0.3, 0.4) is 0 Å². The summed E-state index contributed by atoms with van der Waals surface area (Å²) >= 11 is 0. The van der Waals surface area contributed by atoms with Crippen molar-refractivity contribution in [1.82, 2.24) is 5.32 Å². The fourth-order valence-corrected chi connectivity index (χ4v) is 3.05. The predicted molar refractivity (Wildman–Crippen MR) is 91.1 cm³/mol. The predicted octanol–water partition coefficient (Wildman–Crippen LogP) is -4.48. The molecule has 2 aliphatic heterocycles. The summed E-state index contributed by atoms with van der Waals surface area (Å²) in [7, 11) is 0. The number of hydrogen-bond donors (Lipinski definition) is 8. The maximum Gasteiger partial charge on any atom is 0.407 e. The van der Waals surface area contributed by atoms with E-state index in [-0.39, 0.29) is 6.61 Å². The lowest BCUT2D eigenvalue weighted by Crippen LogP contribution is -2.67. The molecular weight excluding hydrogens is 398 g/mol. The number of alkyl carbamates (subject to hydrolysis) is 1. The molecule has 29 heavy (non-hydrogen) atoms. The van der Waals surface area contributed by atoms with Crippen LogP contribution in [-0.2, 0) is 18.9 Å². The van der Waals surface area contributed by atoms with Gasteiger partial charge in [0.1, 0.15) is 55.4 Å². The summed E-state index contributed by atoms with van der Waals surface area (Å²) < 4.78 is 20.5. The lowest BCUT2D eigenvalue weighted by atomic mass is 9.95. The molecule has 2 rings (SSSR count). The van der Waals surface area contributed by atoms with Gasteiger partial charge in [-0.1, -0.05) is 12.7 Å². The Hall–Kier alpha value is -1.39. The molecule has 2 heterocycles. The third kappa shape index (κ3) is 5.40. The van der Waals surface area contributed by atoms with Crippen molar-refractivity contribution < 1.29 is 59.5 Å². The topological polar surface area (TPSA) is 208 Å². The molecule has 13 heteroatoms. The first-order chi connectivity index (χ1) is 13.7. The lowest BCUT2D eigenvalue weighted by molar-refractivity contribution is -0.345. The Labute approximate surface area is 165 Å². The van der Waals surface area contributed by atoms with Crippen LogP contribution in [0.1, 0.15) is 0 Å². The second-order valence-electron chi connectivity index (χ2n) is 6.59. The van der Waals surface area contributed by atoms with E-state index in [1.165, 1.54) is 6.08 Å². The Kier molecular flexibility index (Phi) is 8.72. The van der Waals surface area contributed by atoms with Crippen LogP contribution in [-0.4, -0.2) is 123 Å². The van der Waals surface area contributed by atoms with Gasteiger partial charge in [0.15, 0.2) is 12.6 Å². The molecule has 168 valence electrons. The Bertz CT molecular complexity index is 548. The third-order valence-electron chi connectivity index (χ3n) is 4.63. The minimum Gasteiger partial charge on any atom is -0.445 e. The highest BCUT2D eigenvalue weighted by molar-refractivity contribution is 5.67. The molecule has 0 spiro atoms. The van der Waals surface area contributed by atoms with E-state index in [0.717, 1.165) is 0 Å². The number of carbonyl (C=O) groups is 1. The SMILES string of the molecule is C=CCOC(=O)N[C@@H]1[C@@H](O)[C@H](O[C@@H]2O[C@@H](CO)[C@H](O)[C@H](O)[C@H]2O)[C@@H](CO)O[C@H]1O. The maximum atomic E-state index is 11.7. The molecule has 13 nitrogen and oxygen atoms in total. The van der Waals surface area contributed by atoms with E-state index < -0.39 is 80.7 Å². The number of nitrogens with one attached hydrogen (secondary N) is 1. The van der Waals surface area contributed by atoms with Crippen molar-refractivity contribution in [1.29, 1.82) is 0 Å². The molecule has 2 saturated heterocycles. The lowest BCUT2D eigenvalue weighted by Gasteiger charge is -2.46. The maximum absolute atomic E-state index is 11.7. The second kappa shape index (κ2) is 10.6. The van der Waals surface area contributed by atoms with E-state index >= 15 is 0 Å². The standard InChI is InChI=1S/C16H27NO12/c1-2-3-26-16(25)17-8-10(21)13(7(5-19)27-14(8)24)29-15-12(23)11(22)9(20)6(4-18)28-15/h2,6-15,18-24H,1,3-5H2,(H,17,25)/t6-,7+,8+,9-,10+,11-,12+,13+,14+,15-/m0/s1. The minimum atomic E-state index is -1.77. The Morgan fingerprint density at radius 1 is 0.966 bits per heavy atom. The monoisotopic (exact) mass is 425 g/mol. The van der Waals surface area contributed by atoms with Gasteiger partial charge in [0, 0.05) is 0 Å². The van der Waals surface area contributed by atoms with Crippen LogP contribution in [0.5, 0.6) is 0 Å². The van der Waals surface area contributed by atoms with Crippen LogP contribution >= 0.6 is 0 Å². The highest BCUT2D eigenvalue weighted by atomic mass is 16.7. The van der Waals surface area contributed by atoms with E-state index in [1.807, 2.05) is 0 Å². The molecule has 0 unspecified atom stereocenters. The van der Waals surface area contributed by atoms with Crippen molar-refractivity contribution in [3.8, 4) is 0 Å². The molecular formula is C16H27NO12. The fraction of sp³-hybridized carbons (Fsp3) is 0.812. The van der Waals surface area contributed by atoms with Gasteiger partial charge in [-0.05, 0) is 0 Å². The molecule has 0 aromatic heterocycles. The van der Waals surface area contributed by atoms with Gasteiger partial charge in [-0.3, -0.25) is 0 Å². The van der Waals surface area contributed by atoms with Crippen LogP contribution < -0.4 is 5.32 Å². The van der Waals surface area contributed by atoms with Crippen LogP contribution in [0.4, 0.5) is 4.79 Å². The first-order valence-corrected chi connectivity index (χ1v) is 8.87. The van der Waals surface area contributed by atoms with Crippen LogP contribution in [0.15, 0.2) is 12.7 Å². The van der Waals surface area contributed by atoms with Crippen LogP contribution in [0.2, 0.25) is 0 Å². The molecule has 0 aliphatic carbocycles. The second-order valence-corrected chi connectivity index (χ2v) is 6.59. The average Bonchev–Trinajstić information content (AvgIpc) is 2.71. The third-order valence-corrected chi connectivity index (χ3v) is 4.63. The van der Waals surface area contributed by atoms with Gasteiger partial charge < -0.3 is 60.0 Å². The van der Waals surface area contributed by atoms with Gasteiger partial charge in [0.2, 0.25) is 0 Å². The van der Waals surface area contributed by atoms with Crippen molar-refractivity contribution >= 4 is 6.09 Å². The van der Waals surface area contributed by atoms with Crippen molar-refractivity contribution in [2.45, 2.75) is 61.3 Å². The number of aliphatic hydroxyl groups is 7. The molecule has 0 aromatic carbocycles. The zero-order valence-electron chi connectivity index (χ0n) is 15.4. The number of rotatable bonds is 7. The van der Waals surface area contributed by atoms with E-state index in [9.17, 15) is 40.5 Å². The number of aliphatic hydroxyl groups excluding tert-OH is 7. The molecule has 0 bridgehead atoms. The van der Waals surface area contributed by atoms with Crippen LogP contribution in [0.25, 0.3) is 0 Å². The molecule has 0 aromatic rings. The minimum absolute atomic E-state index is 0.129. The molecule has 0 radical (unpaired) electrons. The molecule has 8 N–H and O–H groups in total. The summed E-state index contributed by atoms with van der Waals surface area (Å²) in [6, 6.07) is -1.44. The molecule has 2 aliphatic rings. The molecule has 2 fully saturated rings. The summed E-state index contributed by atoms with van der Waals surface area (Å²) in [6.07, 6.45) is -13.8. The van der Waals surface area contributed by atoms with Gasteiger partial charge >= 0.3 is 6.09 Å². The molecule has 10 atom stereocenters. The Balaban J connectivity index is 2.13. The van der Waals surface area contributed by atoms with Crippen molar-refractivity contribution in [3.63, 3.8) is 0 Å². The highest BCUT2D eigenvalue weighted by Crippen LogP contribution is 2.28. The van der Waals surface area contributed by atoms with E-state index in [1.54, 1.807) is 0 Å². The van der Waals surface area contributed by atoms with Crippen molar-refractivity contribution in [2.75, 3.05) is 19.8 Å². The molecule has 1 amide bonds. The smallest absolute Gasteiger partial charge is 0.407 e. The quantitative estimate of drug-likeness (QED) is 0.182. The first-order valence-electron chi connectivity index (χ1n) is 8.87. The Morgan fingerprint density at radius 2 is 1.62 bits per heavy atom. The van der Waals surface area contributed by atoms with Crippen molar-refractivity contribution in [2.24, 2.45) is 0 Å². The zero-order valence-corrected chi connectivity index (χ0v) is 15.4. The number of amides is 1. The van der Waals surface area contributed by atoms with Gasteiger partial charge in [0.05, 0.1) is 13.2 Å². The summed E-state index contributed by atoms with van der Waals surface area (Å²) in [5.74, 6) is 0. The van der Waals surface area contributed by atoms with Gasteiger partial charge in [-0.25, -0.2) is 4.79 Å². The van der Waals surface area contributed by atoms with Crippen molar-refractivity contribution in [3.05, 3.63) is 12.7 Å². The van der Waals surface area contributed by atoms with E-state index in [2.05, 4.69) is 11.9 Å². The van der Waals surface area contributed by atoms with Gasteiger partial charge in [-0.15, -0.1) is 0 Å². The summed E-state index contributed by atoms with van der Waals surface area (Å²) in [6.45, 7) is 1.82. The normalized spacial score (nSPS) is 42.9. The number of hydrogen-bond acceptors (Lipinski definition) is 12. The van der Waals surface area contributed by atoms with E-state index in [4.69, 9.17) is 18.9 Å². The summed E-state index contributed by atoms with van der Waals surface area (Å²) in [4.78, 5) is 11.7. The largest absolute Gasteiger partial charge is 0.445 e. The number of carbonyl (C=O) groups excluding carboxylic acids is 1. The van der Waals surface area contributed by atoms with Crippen LogP contribution in [0, 0.1) is 0 Å². The summed E-state index contributed by atoms with van der Waals surface area (Å²) in [5, 5.41) is 71.2. The highest BCUT2D eigenvalue weighted by Gasteiger charge is 2.50. The number of ether oxygens (including phenoxy) is 4. The molecule has 0 saturated carbocycles. The average molecular weight is 425 g/mol. The first kappa shape index (κ1) is 23.9.